The highest BCUT2D eigenvalue weighted by Crippen LogP contribution is 2.42. The molecule has 11 aromatic rings. The first-order valence-electron chi connectivity index (χ1n) is 18.8. The van der Waals surface area contributed by atoms with Gasteiger partial charge >= 0.3 is 0 Å². The largest absolute Gasteiger partial charge is 0.456 e. The van der Waals surface area contributed by atoms with Crippen LogP contribution in [0.4, 0.5) is 0 Å². The van der Waals surface area contributed by atoms with Gasteiger partial charge < -0.3 is 8.98 Å². The average molecular weight is 717 g/mol. The van der Waals surface area contributed by atoms with Crippen molar-refractivity contribution >= 4 is 43.7 Å². The third kappa shape index (κ3) is 5.37. The quantitative estimate of drug-likeness (QED) is 0.172. The molecule has 0 spiro atoms. The van der Waals surface area contributed by atoms with Gasteiger partial charge in [-0.05, 0) is 58.7 Å². The van der Waals surface area contributed by atoms with Crippen molar-refractivity contribution in [2.45, 2.75) is 0 Å². The number of fused-ring (bicyclic) bond motifs is 6. The highest BCUT2D eigenvalue weighted by Gasteiger charge is 2.21. The van der Waals surface area contributed by atoms with Gasteiger partial charge in [0.1, 0.15) is 11.2 Å². The van der Waals surface area contributed by atoms with Crippen molar-refractivity contribution in [1.29, 1.82) is 0 Å². The zero-order valence-electron chi connectivity index (χ0n) is 30.2. The maximum Gasteiger partial charge on any atom is 0.164 e. The Kier molecular flexibility index (Phi) is 7.42. The number of furan rings is 1. The predicted octanol–water partition coefficient (Wildman–Crippen LogP) is 13.2. The van der Waals surface area contributed by atoms with Crippen LogP contribution in [-0.2, 0) is 0 Å². The third-order valence-electron chi connectivity index (χ3n) is 10.7. The molecule has 0 N–H and O–H groups in total. The first kappa shape index (κ1) is 31.9. The molecular formula is C51H32N4O. The van der Waals surface area contributed by atoms with E-state index in [2.05, 4.69) is 126 Å². The van der Waals surface area contributed by atoms with Crippen LogP contribution in [0.3, 0.4) is 0 Å². The number of hydrogen-bond acceptors (Lipinski definition) is 4. The van der Waals surface area contributed by atoms with Crippen LogP contribution in [0.25, 0.3) is 106 Å². The van der Waals surface area contributed by atoms with Crippen molar-refractivity contribution in [3.63, 3.8) is 0 Å². The molecule has 262 valence electrons. The highest BCUT2D eigenvalue weighted by atomic mass is 16.3. The molecule has 0 amide bonds. The second kappa shape index (κ2) is 13.0. The summed E-state index contributed by atoms with van der Waals surface area (Å²) in [5.41, 5.74) is 12.4. The van der Waals surface area contributed by atoms with Crippen LogP contribution in [0.2, 0.25) is 0 Å². The molecule has 5 heteroatoms. The molecule has 0 radical (unpaired) electrons. The molecule has 0 aliphatic rings. The second-order valence-corrected chi connectivity index (χ2v) is 14.0. The Bertz CT molecular complexity index is 3160. The molecular weight excluding hydrogens is 685 g/mol. The Morgan fingerprint density at radius 1 is 0.339 bits per heavy atom. The van der Waals surface area contributed by atoms with Crippen LogP contribution in [-0.4, -0.2) is 19.5 Å². The topological polar surface area (TPSA) is 56.7 Å². The summed E-state index contributed by atoms with van der Waals surface area (Å²) in [4.78, 5) is 15.1. The molecule has 56 heavy (non-hydrogen) atoms. The highest BCUT2D eigenvalue weighted by molar-refractivity contribution is 6.19. The zero-order valence-corrected chi connectivity index (χ0v) is 30.2. The Morgan fingerprint density at radius 2 is 0.893 bits per heavy atom. The molecule has 5 nitrogen and oxygen atoms in total. The van der Waals surface area contributed by atoms with Gasteiger partial charge in [0.2, 0.25) is 0 Å². The van der Waals surface area contributed by atoms with Gasteiger partial charge in [-0.1, -0.05) is 158 Å². The summed E-state index contributed by atoms with van der Waals surface area (Å²) in [5.74, 6) is 1.84. The number of para-hydroxylation sites is 1. The lowest BCUT2D eigenvalue weighted by Crippen LogP contribution is -2.00. The molecule has 0 atom stereocenters. The lowest BCUT2D eigenvalue weighted by atomic mass is 10.00. The van der Waals surface area contributed by atoms with Crippen molar-refractivity contribution in [1.82, 2.24) is 19.5 Å². The van der Waals surface area contributed by atoms with Crippen LogP contribution >= 0.6 is 0 Å². The lowest BCUT2D eigenvalue weighted by Gasteiger charge is -2.11. The van der Waals surface area contributed by atoms with Gasteiger partial charge in [-0.15, -0.1) is 0 Å². The van der Waals surface area contributed by atoms with Crippen LogP contribution in [0.5, 0.6) is 0 Å². The van der Waals surface area contributed by atoms with E-state index in [1.807, 2.05) is 72.8 Å². The standard InChI is InChI=1S/C51H32N4O/c1-4-14-33(15-5-1)34-26-28-35(29-27-34)38-20-12-21-39(30-38)55-44-24-11-10-22-40(44)42-32-47-43(31-45(42)55)48-41(23-13-25-46(48)56-47)51-53-49(36-16-6-2-7-17-36)52-50(54-51)37-18-8-3-9-19-37/h1-32H. The Balaban J connectivity index is 1.10. The maximum absolute atomic E-state index is 6.65. The minimum Gasteiger partial charge on any atom is -0.456 e. The fraction of sp³-hybridized carbons (Fsp3) is 0. The molecule has 0 aliphatic carbocycles. The minimum absolute atomic E-state index is 0.595. The molecule has 0 bridgehead atoms. The summed E-state index contributed by atoms with van der Waals surface area (Å²) in [6.07, 6.45) is 0. The number of nitrogens with zero attached hydrogens (tertiary/aromatic N) is 4. The number of rotatable bonds is 6. The second-order valence-electron chi connectivity index (χ2n) is 14.0. The molecule has 11 rings (SSSR count). The summed E-state index contributed by atoms with van der Waals surface area (Å²) < 4.78 is 9.03. The number of benzene rings is 8. The van der Waals surface area contributed by atoms with Crippen LogP contribution < -0.4 is 0 Å². The normalized spacial score (nSPS) is 11.6. The van der Waals surface area contributed by atoms with Crippen molar-refractivity contribution in [2.75, 3.05) is 0 Å². The fourth-order valence-electron chi connectivity index (χ4n) is 7.99. The maximum atomic E-state index is 6.65. The van der Waals surface area contributed by atoms with Gasteiger partial charge in [-0.2, -0.15) is 0 Å². The molecule has 0 aliphatic heterocycles. The molecule has 3 heterocycles. The van der Waals surface area contributed by atoms with E-state index >= 15 is 0 Å². The van der Waals surface area contributed by atoms with Crippen molar-refractivity contribution < 1.29 is 4.42 Å². The summed E-state index contributed by atoms with van der Waals surface area (Å²) >= 11 is 0. The van der Waals surface area contributed by atoms with Crippen LogP contribution in [0, 0.1) is 0 Å². The first-order valence-corrected chi connectivity index (χ1v) is 18.8. The van der Waals surface area contributed by atoms with Crippen molar-refractivity contribution in [3.05, 3.63) is 194 Å². The van der Waals surface area contributed by atoms with Crippen LogP contribution in [0.15, 0.2) is 199 Å². The Labute approximate surface area is 322 Å². The van der Waals surface area contributed by atoms with E-state index < -0.39 is 0 Å². The summed E-state index contributed by atoms with van der Waals surface area (Å²) in [7, 11) is 0. The van der Waals surface area contributed by atoms with Gasteiger partial charge in [0.15, 0.2) is 17.5 Å². The fourth-order valence-corrected chi connectivity index (χ4v) is 7.99. The van der Waals surface area contributed by atoms with E-state index in [-0.39, 0.29) is 0 Å². The molecule has 0 fully saturated rings. The van der Waals surface area contributed by atoms with Gasteiger partial charge in [0.25, 0.3) is 0 Å². The summed E-state index contributed by atoms with van der Waals surface area (Å²) in [5, 5.41) is 4.27. The number of hydrogen-bond donors (Lipinski definition) is 0. The Morgan fingerprint density at radius 3 is 1.59 bits per heavy atom. The van der Waals surface area contributed by atoms with Crippen molar-refractivity contribution in [2.24, 2.45) is 0 Å². The van der Waals surface area contributed by atoms with E-state index in [1.165, 1.54) is 22.1 Å². The SMILES string of the molecule is c1ccc(-c2ccc(-c3cccc(-n4c5ccccc5c5cc6oc7cccc(-c8nc(-c9ccccc9)nc(-c9ccccc9)n8)c7c6cc54)c3)cc2)cc1. The van der Waals surface area contributed by atoms with Crippen LogP contribution in [0.1, 0.15) is 0 Å². The molecule has 0 saturated heterocycles. The van der Waals surface area contributed by atoms with Crippen molar-refractivity contribution in [3.8, 4) is 62.1 Å². The molecule has 8 aromatic carbocycles. The van der Waals surface area contributed by atoms with E-state index in [4.69, 9.17) is 19.4 Å². The number of aromatic nitrogens is 4. The third-order valence-corrected chi connectivity index (χ3v) is 10.7. The van der Waals surface area contributed by atoms with Gasteiger partial charge in [-0.25, -0.2) is 15.0 Å². The average Bonchev–Trinajstić information content (AvgIpc) is 3.81. The summed E-state index contributed by atoms with van der Waals surface area (Å²) in [6.45, 7) is 0. The van der Waals surface area contributed by atoms with E-state index in [0.717, 1.165) is 66.3 Å². The summed E-state index contributed by atoms with van der Waals surface area (Å²) in [6, 6.07) is 67.5. The van der Waals surface area contributed by atoms with Gasteiger partial charge in [0.05, 0.1) is 11.0 Å². The zero-order chi connectivity index (χ0) is 37.0. The first-order chi connectivity index (χ1) is 27.7. The molecule has 0 saturated carbocycles. The monoisotopic (exact) mass is 716 g/mol. The van der Waals surface area contributed by atoms with E-state index in [1.54, 1.807) is 0 Å². The minimum atomic E-state index is 0.595. The predicted molar refractivity (Wildman–Crippen MR) is 229 cm³/mol. The van der Waals surface area contributed by atoms with Gasteiger partial charge in [0, 0.05) is 43.9 Å². The lowest BCUT2D eigenvalue weighted by molar-refractivity contribution is 0.669. The molecule has 0 unspecified atom stereocenters. The van der Waals surface area contributed by atoms with Gasteiger partial charge in [-0.3, -0.25) is 0 Å². The molecule has 3 aromatic heterocycles. The van der Waals surface area contributed by atoms with E-state index in [0.29, 0.717) is 17.5 Å². The Hall–Kier alpha value is -7.63. The smallest absolute Gasteiger partial charge is 0.164 e. The van der Waals surface area contributed by atoms with E-state index in [9.17, 15) is 0 Å².